The first-order valence-electron chi connectivity index (χ1n) is 11.3. The molecule has 0 radical (unpaired) electrons. The molecule has 9 heteroatoms. The summed E-state index contributed by atoms with van der Waals surface area (Å²) >= 11 is 0. The lowest BCUT2D eigenvalue weighted by molar-refractivity contribution is 0.0954. The van der Waals surface area contributed by atoms with Crippen LogP contribution in [0.15, 0.2) is 78.0 Å². The van der Waals surface area contributed by atoms with Crippen LogP contribution in [0, 0.1) is 0 Å². The summed E-state index contributed by atoms with van der Waals surface area (Å²) in [5, 5.41) is 8.97. The molecular formula is C27H24N4O5. The van der Waals surface area contributed by atoms with Crippen LogP contribution in [-0.4, -0.2) is 49.3 Å². The van der Waals surface area contributed by atoms with Crippen LogP contribution < -0.4 is 24.4 Å². The fourth-order valence-electron chi connectivity index (χ4n) is 3.81. The molecule has 0 saturated heterocycles. The number of amides is 1. The molecule has 2 heterocycles. The number of methoxy groups -OCH3 is 2. The molecule has 1 amide bonds. The number of ether oxygens (including phenoxy) is 4. The number of fused-ring (bicyclic) bond motifs is 1. The number of hydrogen-bond acceptors (Lipinski definition) is 7. The van der Waals surface area contributed by atoms with Crippen molar-refractivity contribution in [1.29, 1.82) is 0 Å². The summed E-state index contributed by atoms with van der Waals surface area (Å²) in [6, 6.07) is 20.3. The van der Waals surface area contributed by atoms with Gasteiger partial charge in [-0.05, 0) is 48.5 Å². The van der Waals surface area contributed by atoms with Crippen molar-refractivity contribution < 1.29 is 23.7 Å². The van der Waals surface area contributed by atoms with E-state index >= 15 is 0 Å². The van der Waals surface area contributed by atoms with Gasteiger partial charge in [0.1, 0.15) is 18.9 Å². The fraction of sp³-hybridized carbons (Fsp3) is 0.148. The second kappa shape index (κ2) is 10.2. The maximum Gasteiger partial charge on any atom is 0.271 e. The molecule has 0 aliphatic carbocycles. The normalized spacial score (nSPS) is 12.4. The molecule has 1 aliphatic rings. The Morgan fingerprint density at radius 3 is 2.53 bits per heavy atom. The highest BCUT2D eigenvalue weighted by molar-refractivity contribution is 5.96. The van der Waals surface area contributed by atoms with Gasteiger partial charge in [-0.3, -0.25) is 4.79 Å². The maximum atomic E-state index is 12.7. The molecule has 3 aromatic carbocycles. The number of rotatable bonds is 7. The van der Waals surface area contributed by atoms with E-state index in [1.165, 1.54) is 14.2 Å². The minimum Gasteiger partial charge on any atom is -0.493 e. The smallest absolute Gasteiger partial charge is 0.271 e. The molecule has 1 N–H and O–H groups in total. The Balaban J connectivity index is 1.44. The molecule has 0 spiro atoms. The van der Waals surface area contributed by atoms with Crippen LogP contribution in [0.1, 0.15) is 15.9 Å². The van der Waals surface area contributed by atoms with Crippen molar-refractivity contribution in [2.45, 2.75) is 0 Å². The van der Waals surface area contributed by atoms with E-state index < -0.39 is 0 Å². The van der Waals surface area contributed by atoms with Crippen LogP contribution in [0.2, 0.25) is 0 Å². The first kappa shape index (κ1) is 23.0. The number of hydrogen-bond donors (Lipinski definition) is 1. The largest absolute Gasteiger partial charge is 0.493 e. The van der Waals surface area contributed by atoms with Crippen LogP contribution in [0.5, 0.6) is 23.0 Å². The van der Waals surface area contributed by atoms with E-state index in [-0.39, 0.29) is 5.91 Å². The zero-order valence-electron chi connectivity index (χ0n) is 19.8. The van der Waals surface area contributed by atoms with Gasteiger partial charge >= 0.3 is 0 Å². The summed E-state index contributed by atoms with van der Waals surface area (Å²) in [7, 11) is 3.05. The van der Waals surface area contributed by atoms with Gasteiger partial charge in [0.05, 0.1) is 26.1 Å². The van der Waals surface area contributed by atoms with Crippen LogP contribution in [0.4, 0.5) is 0 Å². The predicted octanol–water partition coefficient (Wildman–Crippen LogP) is 4.09. The van der Waals surface area contributed by atoms with Gasteiger partial charge in [-0.2, -0.15) is 10.2 Å². The second-order valence-corrected chi connectivity index (χ2v) is 7.84. The van der Waals surface area contributed by atoms with E-state index in [1.54, 1.807) is 29.1 Å². The van der Waals surface area contributed by atoms with Crippen molar-refractivity contribution in [3.63, 3.8) is 0 Å². The Hall–Kier alpha value is -4.79. The van der Waals surface area contributed by atoms with Crippen LogP contribution in [0.25, 0.3) is 16.9 Å². The molecule has 4 aromatic rings. The van der Waals surface area contributed by atoms with Gasteiger partial charge in [0.15, 0.2) is 23.0 Å². The third-order valence-electron chi connectivity index (χ3n) is 5.59. The Kier molecular flexibility index (Phi) is 6.53. The Bertz CT molecular complexity index is 1420. The van der Waals surface area contributed by atoms with Crippen molar-refractivity contribution >= 4 is 12.1 Å². The van der Waals surface area contributed by atoms with Crippen LogP contribution >= 0.6 is 0 Å². The van der Waals surface area contributed by atoms with Crippen molar-refractivity contribution in [3.8, 4) is 39.9 Å². The molecule has 0 atom stereocenters. The van der Waals surface area contributed by atoms with Crippen molar-refractivity contribution in [2.75, 3.05) is 27.4 Å². The number of benzene rings is 3. The van der Waals surface area contributed by atoms with E-state index in [1.807, 2.05) is 54.7 Å². The van der Waals surface area contributed by atoms with Crippen molar-refractivity contribution in [1.82, 2.24) is 15.2 Å². The van der Waals surface area contributed by atoms with E-state index in [9.17, 15) is 4.79 Å². The summed E-state index contributed by atoms with van der Waals surface area (Å²) in [6.07, 6.45) is 3.42. The summed E-state index contributed by atoms with van der Waals surface area (Å²) in [5.41, 5.74) is 6.07. The SMILES string of the molecule is COc1ccc(C(=O)NN=Cc2cn(-c3ccccc3)nc2-c2ccc3c(c2)OCCO3)cc1OC. The van der Waals surface area contributed by atoms with Gasteiger partial charge < -0.3 is 18.9 Å². The summed E-state index contributed by atoms with van der Waals surface area (Å²) < 4.78 is 23.7. The first-order valence-corrected chi connectivity index (χ1v) is 11.3. The van der Waals surface area contributed by atoms with E-state index in [2.05, 4.69) is 10.5 Å². The quantitative estimate of drug-likeness (QED) is 0.314. The van der Waals surface area contributed by atoms with E-state index in [0.717, 1.165) is 11.3 Å². The molecule has 0 saturated carbocycles. The summed E-state index contributed by atoms with van der Waals surface area (Å²) in [4.78, 5) is 12.7. The Morgan fingerprint density at radius 1 is 0.972 bits per heavy atom. The third-order valence-corrected chi connectivity index (χ3v) is 5.59. The molecule has 0 fully saturated rings. The van der Waals surface area contributed by atoms with Crippen LogP contribution in [0.3, 0.4) is 0 Å². The van der Waals surface area contributed by atoms with E-state index in [4.69, 9.17) is 24.0 Å². The average Bonchev–Trinajstić information content (AvgIpc) is 3.37. The minimum atomic E-state index is -0.386. The lowest BCUT2D eigenvalue weighted by Gasteiger charge is -2.18. The number of aromatic nitrogens is 2. The predicted molar refractivity (Wildman–Crippen MR) is 135 cm³/mol. The zero-order chi connectivity index (χ0) is 24.9. The van der Waals surface area contributed by atoms with Gasteiger partial charge in [0.25, 0.3) is 5.91 Å². The van der Waals surface area contributed by atoms with Gasteiger partial charge in [0, 0.05) is 22.9 Å². The van der Waals surface area contributed by atoms with Gasteiger partial charge in [-0.15, -0.1) is 0 Å². The molecule has 0 unspecified atom stereocenters. The maximum absolute atomic E-state index is 12.7. The summed E-state index contributed by atoms with van der Waals surface area (Å²) in [5.74, 6) is 1.97. The monoisotopic (exact) mass is 484 g/mol. The standard InChI is InChI=1S/C27H24N4O5/c1-33-22-10-9-19(15-24(22)34-2)27(32)29-28-16-20-17-31(21-6-4-3-5-7-21)30-26(20)18-8-11-23-25(14-18)36-13-12-35-23/h3-11,14-17H,12-13H2,1-2H3,(H,29,32). The molecule has 5 rings (SSSR count). The lowest BCUT2D eigenvalue weighted by atomic mass is 10.1. The Morgan fingerprint density at radius 2 is 1.75 bits per heavy atom. The molecule has 0 bridgehead atoms. The number of nitrogens with one attached hydrogen (secondary N) is 1. The third kappa shape index (κ3) is 4.72. The molecular weight excluding hydrogens is 460 g/mol. The van der Waals surface area contributed by atoms with Crippen molar-refractivity contribution in [2.24, 2.45) is 5.10 Å². The van der Waals surface area contributed by atoms with Crippen LogP contribution in [-0.2, 0) is 0 Å². The average molecular weight is 485 g/mol. The molecule has 9 nitrogen and oxygen atoms in total. The summed E-state index contributed by atoms with van der Waals surface area (Å²) in [6.45, 7) is 1.01. The topological polar surface area (TPSA) is 96.2 Å². The zero-order valence-corrected chi connectivity index (χ0v) is 19.8. The number of nitrogens with zero attached hydrogens (tertiary/aromatic N) is 3. The minimum absolute atomic E-state index is 0.386. The number of carbonyl (C=O) groups excluding carboxylic acids is 1. The lowest BCUT2D eigenvalue weighted by Crippen LogP contribution is -2.17. The highest BCUT2D eigenvalue weighted by atomic mass is 16.6. The number of para-hydroxylation sites is 1. The highest BCUT2D eigenvalue weighted by Crippen LogP contribution is 2.35. The van der Waals surface area contributed by atoms with E-state index in [0.29, 0.717) is 53.0 Å². The molecule has 36 heavy (non-hydrogen) atoms. The number of hydrazone groups is 1. The molecule has 182 valence electrons. The second-order valence-electron chi connectivity index (χ2n) is 7.84. The molecule has 1 aliphatic heterocycles. The first-order chi connectivity index (χ1) is 17.7. The van der Waals surface area contributed by atoms with Gasteiger partial charge in [-0.1, -0.05) is 18.2 Å². The fourth-order valence-corrected chi connectivity index (χ4v) is 3.81. The highest BCUT2D eigenvalue weighted by Gasteiger charge is 2.17. The van der Waals surface area contributed by atoms with Crippen molar-refractivity contribution in [3.05, 3.63) is 84.1 Å². The van der Waals surface area contributed by atoms with Gasteiger partial charge in [-0.25, -0.2) is 10.1 Å². The number of carbonyl (C=O) groups is 1. The molecule has 1 aromatic heterocycles. The van der Waals surface area contributed by atoms with Gasteiger partial charge in [0.2, 0.25) is 0 Å². The Labute approximate surface area is 207 Å².